The zero-order valence-corrected chi connectivity index (χ0v) is 33.9. The first-order chi connectivity index (χ1) is 27.3. The molecule has 0 aliphatic carbocycles. The van der Waals surface area contributed by atoms with Gasteiger partial charge in [-0.25, -0.2) is 0 Å². The van der Waals surface area contributed by atoms with Crippen LogP contribution in [0.15, 0.2) is 128 Å². The number of carbonyl (C=O) groups excluding carboxylic acids is 2. The van der Waals surface area contributed by atoms with Gasteiger partial charge < -0.3 is 29.7 Å². The third-order valence-corrected chi connectivity index (χ3v) is 11.3. The molecule has 9 nitrogen and oxygen atoms in total. The lowest BCUT2D eigenvalue weighted by Crippen LogP contribution is -2.49. The van der Waals surface area contributed by atoms with E-state index in [-0.39, 0.29) is 24.3 Å². The molecule has 0 saturated carbocycles. The molecule has 0 bridgehead atoms. The molecule has 0 aliphatic heterocycles. The van der Waals surface area contributed by atoms with Crippen LogP contribution in [0.25, 0.3) is 0 Å². The Balaban J connectivity index is 1.50. The van der Waals surface area contributed by atoms with Crippen molar-refractivity contribution in [3.05, 3.63) is 155 Å². The summed E-state index contributed by atoms with van der Waals surface area (Å²) in [4.78, 5) is 32.8. The maximum Gasteiger partial charge on any atom is 0.240 e. The number of pyridine rings is 1. The Morgan fingerprint density at radius 2 is 1.39 bits per heavy atom. The number of nitrogens with one attached hydrogen (secondary N) is 2. The summed E-state index contributed by atoms with van der Waals surface area (Å²) >= 11 is 1.82. The van der Waals surface area contributed by atoms with Crippen LogP contribution in [0.2, 0.25) is 0 Å². The Hall–Kier alpha value is -5.32. The monoisotopic (exact) mass is 774 g/mol. The van der Waals surface area contributed by atoms with Gasteiger partial charge in [0.2, 0.25) is 11.8 Å². The summed E-state index contributed by atoms with van der Waals surface area (Å²) in [6.07, 6.45) is 4.49. The highest BCUT2D eigenvalue weighted by Crippen LogP contribution is 2.48. The van der Waals surface area contributed by atoms with E-state index >= 15 is 0 Å². The molecule has 1 aromatic heterocycles. The van der Waals surface area contributed by atoms with Crippen molar-refractivity contribution < 1.29 is 23.8 Å². The fourth-order valence-corrected chi connectivity index (χ4v) is 8.34. The number of rotatable bonds is 21. The average molecular weight is 775 g/mol. The smallest absolute Gasteiger partial charge is 0.240 e. The van der Waals surface area contributed by atoms with E-state index in [0.29, 0.717) is 55.5 Å². The predicted octanol–water partition coefficient (Wildman–Crippen LogP) is 7.87. The molecule has 4 aromatic carbocycles. The Morgan fingerprint density at radius 1 is 0.821 bits per heavy atom. The van der Waals surface area contributed by atoms with Gasteiger partial charge in [0.1, 0.15) is 17.2 Å². The summed E-state index contributed by atoms with van der Waals surface area (Å²) < 4.78 is 17.3. The SMILES string of the molecule is CNC(=O)CCCOc1cc(OC)c(CN(CCSC(c2ccccc2)(c2ccccc2)c2ccccc2)C(=O)[C@H](NCc2cccnc2)C(C)C)c(OC)c1. The fourth-order valence-electron chi connectivity index (χ4n) is 6.82. The van der Waals surface area contributed by atoms with Gasteiger partial charge in [-0.2, -0.15) is 0 Å². The van der Waals surface area contributed by atoms with E-state index in [1.165, 1.54) is 0 Å². The maximum atomic E-state index is 14.9. The fraction of sp³-hybridized carbons (Fsp3) is 0.326. The second-order valence-corrected chi connectivity index (χ2v) is 15.1. The van der Waals surface area contributed by atoms with Crippen molar-refractivity contribution in [2.24, 2.45) is 5.92 Å². The van der Waals surface area contributed by atoms with Crippen LogP contribution in [-0.2, 0) is 27.4 Å². The molecule has 294 valence electrons. The number of methoxy groups -OCH3 is 2. The molecule has 0 unspecified atom stereocenters. The van der Waals surface area contributed by atoms with E-state index in [2.05, 4.69) is 102 Å². The minimum absolute atomic E-state index is 0.000674. The van der Waals surface area contributed by atoms with Crippen molar-refractivity contribution in [1.29, 1.82) is 0 Å². The molecule has 2 N–H and O–H groups in total. The van der Waals surface area contributed by atoms with E-state index in [9.17, 15) is 9.59 Å². The predicted molar refractivity (Wildman–Crippen MR) is 225 cm³/mol. The van der Waals surface area contributed by atoms with Gasteiger partial charge in [0.25, 0.3) is 0 Å². The van der Waals surface area contributed by atoms with Crippen LogP contribution in [0.1, 0.15) is 54.5 Å². The first-order valence-corrected chi connectivity index (χ1v) is 20.1. The van der Waals surface area contributed by atoms with Gasteiger partial charge in [-0.1, -0.05) is 111 Å². The van der Waals surface area contributed by atoms with E-state index in [1.807, 2.05) is 65.3 Å². The molecule has 0 radical (unpaired) electrons. The Morgan fingerprint density at radius 3 is 1.88 bits per heavy atom. The van der Waals surface area contributed by atoms with Gasteiger partial charge >= 0.3 is 0 Å². The first-order valence-electron chi connectivity index (χ1n) is 19.1. The minimum atomic E-state index is -0.541. The average Bonchev–Trinajstić information content (AvgIpc) is 3.24. The van der Waals surface area contributed by atoms with Crippen molar-refractivity contribution >= 4 is 23.6 Å². The summed E-state index contributed by atoms with van der Waals surface area (Å²) in [5.41, 5.74) is 5.22. The summed E-state index contributed by atoms with van der Waals surface area (Å²) in [5.74, 6) is 2.22. The number of thioether (sulfide) groups is 1. The van der Waals surface area contributed by atoms with E-state index in [4.69, 9.17) is 14.2 Å². The van der Waals surface area contributed by atoms with Crippen LogP contribution in [0.4, 0.5) is 0 Å². The van der Waals surface area contributed by atoms with Gasteiger partial charge in [-0.3, -0.25) is 14.6 Å². The molecule has 56 heavy (non-hydrogen) atoms. The molecule has 0 saturated heterocycles. The quantitative estimate of drug-likeness (QED) is 0.0574. The molecule has 0 fully saturated rings. The van der Waals surface area contributed by atoms with Gasteiger partial charge in [-0.05, 0) is 40.7 Å². The lowest BCUT2D eigenvalue weighted by atomic mass is 9.84. The second-order valence-electron chi connectivity index (χ2n) is 13.8. The normalized spacial score (nSPS) is 11.8. The topological polar surface area (TPSA) is 102 Å². The lowest BCUT2D eigenvalue weighted by Gasteiger charge is -2.37. The molecule has 5 aromatic rings. The Bertz CT molecular complexity index is 1830. The zero-order valence-electron chi connectivity index (χ0n) is 33.1. The number of aromatic nitrogens is 1. The molecular formula is C46H54N4O5S. The third kappa shape index (κ3) is 10.7. The highest BCUT2D eigenvalue weighted by Gasteiger charge is 2.37. The first kappa shape index (κ1) is 41.8. The van der Waals surface area contributed by atoms with E-state index in [0.717, 1.165) is 27.8 Å². The summed E-state index contributed by atoms with van der Waals surface area (Å²) in [7, 11) is 4.84. The molecule has 1 heterocycles. The molecule has 0 spiro atoms. The van der Waals surface area contributed by atoms with Crippen molar-refractivity contribution in [3.8, 4) is 17.2 Å². The number of benzene rings is 4. The number of carbonyl (C=O) groups is 2. The van der Waals surface area contributed by atoms with Crippen LogP contribution in [0.3, 0.4) is 0 Å². The maximum absolute atomic E-state index is 14.9. The van der Waals surface area contributed by atoms with Gasteiger partial charge in [0, 0.05) is 56.8 Å². The minimum Gasteiger partial charge on any atom is -0.496 e. The Labute approximate surface area is 336 Å². The lowest BCUT2D eigenvalue weighted by molar-refractivity contribution is -0.135. The molecule has 1 atom stereocenters. The Kier molecular flexibility index (Phi) is 15.8. The third-order valence-electron chi connectivity index (χ3n) is 9.74. The molecule has 5 rings (SSSR count). The van der Waals surface area contributed by atoms with E-state index in [1.54, 1.807) is 27.5 Å². The standard InChI is InChI=1S/C46H54N4O5S/c1-34(2)44(49-32-35-17-15-25-48-31-35)45(52)50(33-40-41(53-4)29-39(30-42(40)54-5)55-27-16-24-43(51)47-3)26-28-56-46(36-18-9-6-10-19-36,37-20-11-7-12-21-37)38-22-13-8-14-23-38/h6-15,17-23,25,29-31,34,44,49H,16,24,26-28,32-33H2,1-5H3,(H,47,51)/t44-/m1/s1. The second kappa shape index (κ2) is 21.1. The number of nitrogens with zero attached hydrogens (tertiary/aromatic N) is 2. The van der Waals surface area contributed by atoms with Crippen molar-refractivity contribution in [1.82, 2.24) is 20.5 Å². The van der Waals surface area contributed by atoms with Crippen LogP contribution < -0.4 is 24.8 Å². The van der Waals surface area contributed by atoms with Crippen LogP contribution >= 0.6 is 11.8 Å². The van der Waals surface area contributed by atoms with Crippen molar-refractivity contribution in [2.45, 2.75) is 50.6 Å². The zero-order chi connectivity index (χ0) is 39.8. The van der Waals surface area contributed by atoms with Crippen LogP contribution in [0, 0.1) is 5.92 Å². The highest BCUT2D eigenvalue weighted by molar-refractivity contribution is 8.00. The summed E-state index contributed by atoms with van der Waals surface area (Å²) in [5, 5.41) is 6.18. The molecule has 2 amide bonds. The number of ether oxygens (including phenoxy) is 3. The van der Waals surface area contributed by atoms with Gasteiger partial charge in [-0.15, -0.1) is 11.8 Å². The summed E-state index contributed by atoms with van der Waals surface area (Å²) in [6.45, 7) is 5.67. The largest absolute Gasteiger partial charge is 0.496 e. The summed E-state index contributed by atoms with van der Waals surface area (Å²) in [6, 6.07) is 38.8. The number of amides is 2. The van der Waals surface area contributed by atoms with Gasteiger partial charge in [0.05, 0.1) is 43.7 Å². The molecular weight excluding hydrogens is 721 g/mol. The number of hydrogen-bond donors (Lipinski definition) is 2. The number of hydrogen-bond acceptors (Lipinski definition) is 8. The van der Waals surface area contributed by atoms with Gasteiger partial charge in [0.15, 0.2) is 0 Å². The van der Waals surface area contributed by atoms with Crippen LogP contribution in [-0.4, -0.2) is 67.9 Å². The molecule has 10 heteroatoms. The van der Waals surface area contributed by atoms with E-state index < -0.39 is 10.8 Å². The van der Waals surface area contributed by atoms with Crippen molar-refractivity contribution in [2.75, 3.05) is 40.2 Å². The van der Waals surface area contributed by atoms with Crippen molar-refractivity contribution in [3.63, 3.8) is 0 Å². The van der Waals surface area contributed by atoms with Crippen LogP contribution in [0.5, 0.6) is 17.2 Å². The highest BCUT2D eigenvalue weighted by atomic mass is 32.2. The molecule has 0 aliphatic rings.